The van der Waals surface area contributed by atoms with Crippen LogP contribution in [0, 0.1) is 47.3 Å². The number of terminal acetylenes is 1. The Kier molecular flexibility index (Phi) is 11.8. The molecule has 0 heterocycles. The van der Waals surface area contributed by atoms with Crippen LogP contribution in [0.2, 0.25) is 0 Å². The van der Waals surface area contributed by atoms with Gasteiger partial charge in [0.1, 0.15) is 0 Å². The Bertz CT molecular complexity index is 715. The Balaban J connectivity index is 3.06. The van der Waals surface area contributed by atoms with Gasteiger partial charge in [-0.05, 0) is 83.0 Å². The fraction of sp³-hybridized carbons (Fsp3) is 0.600. The maximum Gasteiger partial charge on any atom is 0.0256 e. The topological polar surface area (TPSA) is 0 Å². The summed E-state index contributed by atoms with van der Waals surface area (Å²) < 4.78 is 0. The molecule has 1 saturated carbocycles. The first kappa shape index (κ1) is 27.6. The van der Waals surface area contributed by atoms with Gasteiger partial charge < -0.3 is 0 Å². The Morgan fingerprint density at radius 3 is 2.45 bits per heavy atom. The minimum atomic E-state index is -0.0864. The van der Waals surface area contributed by atoms with Crippen LogP contribution in [0.25, 0.3) is 0 Å². The highest BCUT2D eigenvalue weighted by Crippen LogP contribution is 2.50. The molecule has 0 bridgehead atoms. The molecule has 1 rings (SSSR count). The van der Waals surface area contributed by atoms with Gasteiger partial charge in [0.05, 0.1) is 0 Å². The Hall–Kier alpha value is -1.39. The third-order valence-corrected chi connectivity index (χ3v) is 8.18. The van der Waals surface area contributed by atoms with Crippen LogP contribution in [0.1, 0.15) is 73.1 Å². The monoisotopic (exact) mass is 438 g/mol. The number of thiol groups is 1. The molecule has 0 nitrogen and oxygen atoms in total. The van der Waals surface area contributed by atoms with E-state index in [1.165, 1.54) is 29.6 Å². The molecule has 0 radical (unpaired) electrons. The van der Waals surface area contributed by atoms with Crippen molar-refractivity contribution in [1.82, 2.24) is 0 Å². The summed E-state index contributed by atoms with van der Waals surface area (Å²) in [7, 11) is 0. The lowest BCUT2D eigenvalue weighted by Gasteiger charge is -2.39. The van der Waals surface area contributed by atoms with Crippen molar-refractivity contribution in [3.05, 3.63) is 60.8 Å². The second kappa shape index (κ2) is 13.2. The highest BCUT2D eigenvalue weighted by atomic mass is 32.1. The van der Waals surface area contributed by atoms with E-state index in [2.05, 4.69) is 91.1 Å². The van der Waals surface area contributed by atoms with Gasteiger partial charge in [0.2, 0.25) is 0 Å². The van der Waals surface area contributed by atoms with Crippen molar-refractivity contribution in [2.24, 2.45) is 35.0 Å². The first-order valence-corrected chi connectivity index (χ1v) is 12.6. The maximum absolute atomic E-state index is 6.02. The van der Waals surface area contributed by atoms with Crippen molar-refractivity contribution < 1.29 is 0 Å². The minimum Gasteiger partial charge on any atom is -0.175 e. The summed E-state index contributed by atoms with van der Waals surface area (Å²) in [5, 5.41) is 0. The van der Waals surface area contributed by atoms with Gasteiger partial charge in [-0.25, -0.2) is 0 Å². The van der Waals surface area contributed by atoms with E-state index in [-0.39, 0.29) is 5.41 Å². The van der Waals surface area contributed by atoms with Crippen molar-refractivity contribution in [3.63, 3.8) is 0 Å². The van der Waals surface area contributed by atoms with Gasteiger partial charge in [0.25, 0.3) is 0 Å². The van der Waals surface area contributed by atoms with Crippen molar-refractivity contribution in [1.29, 1.82) is 0 Å². The van der Waals surface area contributed by atoms with Crippen LogP contribution < -0.4 is 0 Å². The summed E-state index contributed by atoms with van der Waals surface area (Å²) in [5.74, 6) is 6.54. The zero-order valence-corrected chi connectivity index (χ0v) is 21.7. The van der Waals surface area contributed by atoms with E-state index in [1.54, 1.807) is 0 Å². The van der Waals surface area contributed by atoms with Crippen LogP contribution >= 0.6 is 12.6 Å². The summed E-state index contributed by atoms with van der Waals surface area (Å²) in [6, 6.07) is 0. The van der Waals surface area contributed by atoms with E-state index in [9.17, 15) is 0 Å². The molecular formula is C30H46S. The van der Waals surface area contributed by atoms with Gasteiger partial charge in [-0.2, -0.15) is 12.6 Å². The van der Waals surface area contributed by atoms with Gasteiger partial charge in [-0.1, -0.05) is 68.0 Å². The number of allylic oxidation sites excluding steroid dienone is 6. The van der Waals surface area contributed by atoms with Gasteiger partial charge in [0, 0.05) is 17.1 Å². The molecular weight excluding hydrogens is 392 g/mol. The van der Waals surface area contributed by atoms with E-state index < -0.39 is 0 Å². The number of hydrogen-bond donors (Lipinski definition) is 1. The second-order valence-corrected chi connectivity index (χ2v) is 10.2. The zero-order chi connectivity index (χ0) is 23.6. The van der Waals surface area contributed by atoms with Crippen LogP contribution in [-0.4, -0.2) is 5.75 Å². The molecule has 1 aliphatic rings. The summed E-state index contributed by atoms with van der Waals surface area (Å²) in [5.41, 5.74) is 3.61. The molecule has 1 aliphatic carbocycles. The molecule has 6 atom stereocenters. The Morgan fingerprint density at radius 2 is 1.94 bits per heavy atom. The van der Waals surface area contributed by atoms with Gasteiger partial charge >= 0.3 is 0 Å². The van der Waals surface area contributed by atoms with E-state index in [0.717, 1.165) is 25.7 Å². The van der Waals surface area contributed by atoms with E-state index in [4.69, 9.17) is 6.42 Å². The molecule has 0 aromatic rings. The first-order valence-electron chi connectivity index (χ1n) is 12.0. The van der Waals surface area contributed by atoms with E-state index in [1.807, 2.05) is 6.08 Å². The summed E-state index contributed by atoms with van der Waals surface area (Å²) >= 11 is 4.62. The maximum atomic E-state index is 6.02. The normalized spacial score (nSPS) is 26.9. The van der Waals surface area contributed by atoms with Crippen LogP contribution in [0.3, 0.4) is 0 Å². The molecule has 0 aromatic heterocycles. The van der Waals surface area contributed by atoms with Crippen LogP contribution in [0.4, 0.5) is 0 Å². The molecule has 0 N–H and O–H groups in total. The fourth-order valence-corrected chi connectivity index (χ4v) is 5.80. The molecule has 0 aromatic carbocycles. The lowest BCUT2D eigenvalue weighted by molar-refractivity contribution is 0.277. The smallest absolute Gasteiger partial charge is 0.0256 e. The highest BCUT2D eigenvalue weighted by molar-refractivity contribution is 7.80. The van der Waals surface area contributed by atoms with Crippen molar-refractivity contribution in [2.75, 3.05) is 5.75 Å². The van der Waals surface area contributed by atoms with Crippen molar-refractivity contribution >= 4 is 12.6 Å². The molecule has 0 amide bonds. The number of rotatable bonds is 13. The zero-order valence-electron chi connectivity index (χ0n) is 20.8. The standard InChI is InChI=1S/C30H46S/c1-10-13-14-27-19-28(29(12-3)26(27)9)17-18-30(22(4)5,25(8)21-31)20-24(7)16-15-23(6)11-2/h3,10-11,15-16,24,26-29,31H,1,4,8,13-14,17-21H2,2,5-7,9H3/b16-15-,23-11-. The van der Waals surface area contributed by atoms with E-state index in [0.29, 0.717) is 35.3 Å². The summed E-state index contributed by atoms with van der Waals surface area (Å²) in [6.45, 7) is 23.9. The Morgan fingerprint density at radius 1 is 1.26 bits per heavy atom. The molecule has 1 heteroatoms. The second-order valence-electron chi connectivity index (χ2n) is 9.91. The van der Waals surface area contributed by atoms with Gasteiger partial charge in [-0.15, -0.1) is 18.9 Å². The molecule has 6 unspecified atom stereocenters. The van der Waals surface area contributed by atoms with Crippen molar-refractivity contribution in [2.45, 2.75) is 73.1 Å². The average molecular weight is 439 g/mol. The lowest BCUT2D eigenvalue weighted by Crippen LogP contribution is -2.29. The molecule has 31 heavy (non-hydrogen) atoms. The van der Waals surface area contributed by atoms with Crippen molar-refractivity contribution in [3.8, 4) is 12.3 Å². The SMILES string of the molecule is C#CC1C(CCC(CC(C)/C=C\C(C)=C/C)(C(=C)C)C(=C)CS)CC(CCC=C)C1C. The fourth-order valence-electron chi connectivity index (χ4n) is 5.50. The lowest BCUT2D eigenvalue weighted by atomic mass is 9.66. The average Bonchev–Trinajstić information content (AvgIpc) is 3.06. The molecule has 172 valence electrons. The summed E-state index contributed by atoms with van der Waals surface area (Å²) in [6.07, 6.45) is 21.5. The molecule has 0 spiro atoms. The highest BCUT2D eigenvalue weighted by Gasteiger charge is 2.41. The summed E-state index contributed by atoms with van der Waals surface area (Å²) in [4.78, 5) is 0. The predicted molar refractivity (Wildman–Crippen MR) is 144 cm³/mol. The van der Waals surface area contributed by atoms with Crippen LogP contribution in [0.15, 0.2) is 60.8 Å². The first-order chi connectivity index (χ1) is 14.7. The minimum absolute atomic E-state index is 0.0864. The Labute approximate surface area is 199 Å². The number of hydrogen-bond acceptors (Lipinski definition) is 1. The third-order valence-electron chi connectivity index (χ3n) is 7.80. The molecule has 0 aliphatic heterocycles. The quantitative estimate of drug-likeness (QED) is 0.126. The van der Waals surface area contributed by atoms with Gasteiger partial charge in [-0.3, -0.25) is 0 Å². The third kappa shape index (κ3) is 7.32. The van der Waals surface area contributed by atoms with Crippen LogP contribution in [0.5, 0.6) is 0 Å². The largest absolute Gasteiger partial charge is 0.175 e. The van der Waals surface area contributed by atoms with E-state index >= 15 is 0 Å². The molecule has 1 fully saturated rings. The van der Waals surface area contributed by atoms with Gasteiger partial charge in [0.15, 0.2) is 0 Å². The predicted octanol–water partition coefficient (Wildman–Crippen LogP) is 8.85. The van der Waals surface area contributed by atoms with Crippen LogP contribution in [-0.2, 0) is 0 Å². The molecule has 0 saturated heterocycles.